The van der Waals surface area contributed by atoms with Gasteiger partial charge in [0.05, 0.1) is 12.7 Å². The lowest BCUT2D eigenvalue weighted by atomic mass is 10.1. The van der Waals surface area contributed by atoms with E-state index < -0.39 is 0 Å². The average molecular weight is 235 g/mol. The molecule has 1 aromatic carbocycles. The van der Waals surface area contributed by atoms with Gasteiger partial charge in [0.25, 0.3) is 0 Å². The fraction of sp³-hybridized carbons (Fsp3) is 0.308. The molecule has 84 valence electrons. The molecular weight excluding hydrogens is 220 g/mol. The Bertz CT molecular complexity index is 474. The number of halogens is 1. The summed E-state index contributed by atoms with van der Waals surface area (Å²) >= 11 is 6.10. The molecule has 0 aliphatic heterocycles. The van der Waals surface area contributed by atoms with Crippen molar-refractivity contribution in [2.24, 2.45) is 0 Å². The van der Waals surface area contributed by atoms with Crippen molar-refractivity contribution >= 4 is 11.6 Å². The van der Waals surface area contributed by atoms with Gasteiger partial charge >= 0.3 is 0 Å². The lowest BCUT2D eigenvalue weighted by Gasteiger charge is -2.04. The van der Waals surface area contributed by atoms with Crippen LogP contribution in [0.5, 0.6) is 0 Å². The minimum Gasteiger partial charge on any atom is -0.268 e. The van der Waals surface area contributed by atoms with Crippen LogP contribution in [0, 0.1) is 0 Å². The summed E-state index contributed by atoms with van der Waals surface area (Å²) in [5.74, 6) is 0.514. The Balaban J connectivity index is 2.18. The molecule has 0 fully saturated rings. The van der Waals surface area contributed by atoms with E-state index in [0.29, 0.717) is 5.92 Å². The van der Waals surface area contributed by atoms with Crippen molar-refractivity contribution in [2.75, 3.05) is 0 Å². The molecule has 0 aliphatic carbocycles. The highest BCUT2D eigenvalue weighted by atomic mass is 35.5. The molecular formula is C13H15ClN2. The molecule has 3 heteroatoms. The fourth-order valence-electron chi connectivity index (χ4n) is 1.57. The molecule has 0 saturated heterocycles. The maximum absolute atomic E-state index is 6.10. The van der Waals surface area contributed by atoms with Gasteiger partial charge in [0.2, 0.25) is 0 Å². The molecule has 16 heavy (non-hydrogen) atoms. The molecule has 0 amide bonds. The van der Waals surface area contributed by atoms with Crippen LogP contribution in [0.1, 0.15) is 30.9 Å². The number of nitrogens with zero attached hydrogens (tertiary/aromatic N) is 2. The first-order valence-corrected chi connectivity index (χ1v) is 5.80. The first-order valence-electron chi connectivity index (χ1n) is 5.42. The predicted molar refractivity (Wildman–Crippen MR) is 66.9 cm³/mol. The van der Waals surface area contributed by atoms with Crippen LogP contribution in [0.25, 0.3) is 0 Å². The SMILES string of the molecule is CC(C)c1cnn(Cc2ccccc2Cl)c1. The predicted octanol–water partition coefficient (Wildman–Crippen LogP) is 3.71. The summed E-state index contributed by atoms with van der Waals surface area (Å²) in [7, 11) is 0. The van der Waals surface area contributed by atoms with E-state index in [1.807, 2.05) is 35.1 Å². The summed E-state index contributed by atoms with van der Waals surface area (Å²) in [6.07, 6.45) is 4.00. The zero-order valence-electron chi connectivity index (χ0n) is 9.52. The minimum absolute atomic E-state index is 0.514. The third kappa shape index (κ3) is 2.45. The van der Waals surface area contributed by atoms with Gasteiger partial charge in [0.1, 0.15) is 0 Å². The van der Waals surface area contributed by atoms with Crippen molar-refractivity contribution in [3.8, 4) is 0 Å². The van der Waals surface area contributed by atoms with Crippen LogP contribution in [0.15, 0.2) is 36.7 Å². The van der Waals surface area contributed by atoms with Crippen molar-refractivity contribution in [2.45, 2.75) is 26.3 Å². The van der Waals surface area contributed by atoms with E-state index in [1.54, 1.807) is 0 Å². The normalized spacial score (nSPS) is 11.0. The van der Waals surface area contributed by atoms with E-state index >= 15 is 0 Å². The standard InChI is InChI=1S/C13H15ClN2/c1-10(2)12-7-15-16(9-12)8-11-5-3-4-6-13(11)14/h3-7,9-10H,8H2,1-2H3. The fourth-order valence-corrected chi connectivity index (χ4v) is 1.76. The van der Waals surface area contributed by atoms with E-state index in [1.165, 1.54) is 5.56 Å². The van der Waals surface area contributed by atoms with Crippen LogP contribution in [0.4, 0.5) is 0 Å². The Hall–Kier alpha value is -1.28. The maximum Gasteiger partial charge on any atom is 0.0673 e. The highest BCUT2D eigenvalue weighted by molar-refractivity contribution is 6.31. The van der Waals surface area contributed by atoms with E-state index in [-0.39, 0.29) is 0 Å². The van der Waals surface area contributed by atoms with Gasteiger partial charge in [0.15, 0.2) is 0 Å². The molecule has 0 saturated carbocycles. The molecule has 2 nitrogen and oxygen atoms in total. The molecule has 0 spiro atoms. The Morgan fingerprint density at radius 3 is 2.69 bits per heavy atom. The quantitative estimate of drug-likeness (QED) is 0.792. The molecule has 0 unspecified atom stereocenters. The van der Waals surface area contributed by atoms with Crippen LogP contribution >= 0.6 is 11.6 Å². The van der Waals surface area contributed by atoms with Crippen molar-refractivity contribution in [1.29, 1.82) is 0 Å². The topological polar surface area (TPSA) is 17.8 Å². The van der Waals surface area contributed by atoms with Gasteiger partial charge in [-0.3, -0.25) is 4.68 Å². The van der Waals surface area contributed by atoms with Crippen molar-refractivity contribution in [3.05, 3.63) is 52.8 Å². The minimum atomic E-state index is 0.514. The number of benzene rings is 1. The van der Waals surface area contributed by atoms with Gasteiger partial charge < -0.3 is 0 Å². The van der Waals surface area contributed by atoms with Crippen molar-refractivity contribution in [3.63, 3.8) is 0 Å². The Morgan fingerprint density at radius 2 is 2.06 bits per heavy atom. The summed E-state index contributed by atoms with van der Waals surface area (Å²) in [6.45, 7) is 5.06. The van der Waals surface area contributed by atoms with E-state index in [2.05, 4.69) is 25.1 Å². The molecule has 2 aromatic rings. The summed E-state index contributed by atoms with van der Waals surface area (Å²) in [4.78, 5) is 0. The smallest absolute Gasteiger partial charge is 0.0673 e. The van der Waals surface area contributed by atoms with Gasteiger partial charge in [-0.1, -0.05) is 43.6 Å². The molecule has 0 atom stereocenters. The molecule has 0 bridgehead atoms. The monoisotopic (exact) mass is 234 g/mol. The highest BCUT2D eigenvalue weighted by Gasteiger charge is 2.04. The van der Waals surface area contributed by atoms with Gasteiger partial charge in [-0.25, -0.2) is 0 Å². The summed E-state index contributed by atoms with van der Waals surface area (Å²) in [6, 6.07) is 7.87. The van der Waals surface area contributed by atoms with E-state index in [9.17, 15) is 0 Å². The second-order valence-corrected chi connectivity index (χ2v) is 4.62. The van der Waals surface area contributed by atoms with Crippen molar-refractivity contribution in [1.82, 2.24) is 9.78 Å². The molecule has 0 aliphatic rings. The third-order valence-corrected chi connectivity index (χ3v) is 2.98. The van der Waals surface area contributed by atoms with Gasteiger partial charge in [-0.05, 0) is 23.1 Å². The van der Waals surface area contributed by atoms with Gasteiger partial charge in [-0.15, -0.1) is 0 Å². The lowest BCUT2D eigenvalue weighted by Crippen LogP contribution is -2.00. The Morgan fingerprint density at radius 1 is 1.31 bits per heavy atom. The Labute approximate surface area is 101 Å². The summed E-state index contributed by atoms with van der Waals surface area (Å²) < 4.78 is 1.93. The largest absolute Gasteiger partial charge is 0.268 e. The van der Waals surface area contributed by atoms with Crippen LogP contribution in [0.3, 0.4) is 0 Å². The molecule has 0 N–H and O–H groups in total. The number of hydrogen-bond acceptors (Lipinski definition) is 1. The first kappa shape index (κ1) is 11.2. The van der Waals surface area contributed by atoms with Crippen LogP contribution < -0.4 is 0 Å². The van der Waals surface area contributed by atoms with Crippen LogP contribution in [0.2, 0.25) is 5.02 Å². The number of aromatic nitrogens is 2. The second-order valence-electron chi connectivity index (χ2n) is 4.22. The van der Waals surface area contributed by atoms with E-state index in [0.717, 1.165) is 17.1 Å². The molecule has 0 radical (unpaired) electrons. The second kappa shape index (κ2) is 4.71. The van der Waals surface area contributed by atoms with Gasteiger partial charge in [0, 0.05) is 11.2 Å². The Kier molecular flexibility index (Phi) is 3.30. The molecule has 1 heterocycles. The number of hydrogen-bond donors (Lipinski definition) is 0. The third-order valence-electron chi connectivity index (χ3n) is 2.61. The molecule has 1 aromatic heterocycles. The van der Waals surface area contributed by atoms with E-state index in [4.69, 9.17) is 11.6 Å². The number of rotatable bonds is 3. The highest BCUT2D eigenvalue weighted by Crippen LogP contribution is 2.17. The van der Waals surface area contributed by atoms with Crippen LogP contribution in [-0.4, -0.2) is 9.78 Å². The summed E-state index contributed by atoms with van der Waals surface area (Å²) in [5.41, 5.74) is 2.36. The average Bonchev–Trinajstić information content (AvgIpc) is 2.70. The zero-order valence-corrected chi connectivity index (χ0v) is 10.3. The summed E-state index contributed by atoms with van der Waals surface area (Å²) in [5, 5.41) is 5.13. The maximum atomic E-state index is 6.10. The first-order chi connectivity index (χ1) is 7.66. The zero-order chi connectivity index (χ0) is 11.5. The molecule has 2 rings (SSSR count). The lowest BCUT2D eigenvalue weighted by molar-refractivity contribution is 0.685. The van der Waals surface area contributed by atoms with Crippen LogP contribution in [-0.2, 0) is 6.54 Å². The van der Waals surface area contributed by atoms with Crippen molar-refractivity contribution < 1.29 is 0 Å². The van der Waals surface area contributed by atoms with Gasteiger partial charge in [-0.2, -0.15) is 5.10 Å².